The summed E-state index contributed by atoms with van der Waals surface area (Å²) in [6.45, 7) is 5.71. The van der Waals surface area contributed by atoms with Gasteiger partial charge in [-0.3, -0.25) is 4.79 Å². The Morgan fingerprint density at radius 3 is 2.80 bits per heavy atom. The van der Waals surface area contributed by atoms with Crippen molar-refractivity contribution < 1.29 is 14.4 Å². The Kier molecular flexibility index (Phi) is 5.41. The molecule has 2 N–H and O–H groups in total. The first kappa shape index (κ1) is 14.9. The minimum Gasteiger partial charge on any atom is -0.497 e. The second kappa shape index (κ2) is 7.29. The molecule has 1 amide bonds. The lowest BCUT2D eigenvalue weighted by Crippen LogP contribution is -3.14. The van der Waals surface area contributed by atoms with Crippen molar-refractivity contribution in [3.05, 3.63) is 29.8 Å². The highest BCUT2D eigenvalue weighted by Gasteiger charge is 2.21. The molecule has 2 rings (SSSR count). The van der Waals surface area contributed by atoms with Gasteiger partial charge in [-0.05, 0) is 30.5 Å². The third-order valence-electron chi connectivity index (χ3n) is 3.92. The van der Waals surface area contributed by atoms with Gasteiger partial charge in [0.1, 0.15) is 5.75 Å². The van der Waals surface area contributed by atoms with Crippen molar-refractivity contribution in [1.82, 2.24) is 5.32 Å². The Labute approximate surface area is 121 Å². The second-order valence-corrected chi connectivity index (χ2v) is 5.75. The Morgan fingerprint density at radius 1 is 1.40 bits per heavy atom. The zero-order chi connectivity index (χ0) is 14.4. The number of benzene rings is 1. The molecule has 0 bridgehead atoms. The number of ether oxygens (including phenoxy) is 1. The first-order valence-corrected chi connectivity index (χ1v) is 7.40. The van der Waals surface area contributed by atoms with Crippen molar-refractivity contribution in [2.24, 2.45) is 5.92 Å². The number of carbonyl (C=O) groups is 1. The average Bonchev–Trinajstić information content (AvgIpc) is 2.46. The number of piperidine rings is 1. The highest BCUT2D eigenvalue weighted by Crippen LogP contribution is 2.10. The van der Waals surface area contributed by atoms with Crippen molar-refractivity contribution in [3.8, 4) is 5.75 Å². The molecule has 1 heterocycles. The SMILES string of the molecule is COc1ccc(CNC(=O)C[NH+]2CCC[C@@H](C)C2)cc1. The van der Waals surface area contributed by atoms with E-state index in [0.717, 1.165) is 30.3 Å². The lowest BCUT2D eigenvalue weighted by molar-refractivity contribution is -0.900. The number of rotatable bonds is 5. The smallest absolute Gasteiger partial charge is 0.275 e. The van der Waals surface area contributed by atoms with E-state index in [-0.39, 0.29) is 5.91 Å². The summed E-state index contributed by atoms with van der Waals surface area (Å²) in [5.41, 5.74) is 1.10. The molecule has 4 nitrogen and oxygen atoms in total. The van der Waals surface area contributed by atoms with Crippen LogP contribution in [0.15, 0.2) is 24.3 Å². The topological polar surface area (TPSA) is 42.8 Å². The highest BCUT2D eigenvalue weighted by molar-refractivity contribution is 5.76. The molecule has 110 valence electrons. The van der Waals surface area contributed by atoms with Crippen LogP contribution in [0.25, 0.3) is 0 Å². The summed E-state index contributed by atoms with van der Waals surface area (Å²) < 4.78 is 5.11. The van der Waals surface area contributed by atoms with Crippen molar-refractivity contribution in [2.75, 3.05) is 26.7 Å². The molecule has 0 aromatic heterocycles. The molecule has 1 unspecified atom stereocenters. The van der Waals surface area contributed by atoms with Crippen LogP contribution in [0, 0.1) is 5.92 Å². The summed E-state index contributed by atoms with van der Waals surface area (Å²) >= 11 is 0. The van der Waals surface area contributed by atoms with E-state index >= 15 is 0 Å². The fourth-order valence-corrected chi connectivity index (χ4v) is 2.79. The quantitative estimate of drug-likeness (QED) is 0.829. The molecule has 1 aromatic rings. The summed E-state index contributed by atoms with van der Waals surface area (Å²) in [6.07, 6.45) is 2.54. The van der Waals surface area contributed by atoms with Gasteiger partial charge in [0, 0.05) is 12.5 Å². The zero-order valence-electron chi connectivity index (χ0n) is 12.4. The summed E-state index contributed by atoms with van der Waals surface area (Å²) in [7, 11) is 1.65. The number of nitrogens with one attached hydrogen (secondary N) is 2. The van der Waals surface area contributed by atoms with Gasteiger partial charge in [0.05, 0.1) is 20.2 Å². The van der Waals surface area contributed by atoms with E-state index < -0.39 is 0 Å². The van der Waals surface area contributed by atoms with E-state index in [2.05, 4.69) is 12.2 Å². The minimum absolute atomic E-state index is 0.143. The van der Waals surface area contributed by atoms with Crippen LogP contribution in [-0.2, 0) is 11.3 Å². The van der Waals surface area contributed by atoms with Gasteiger partial charge in [0.15, 0.2) is 6.54 Å². The molecule has 0 aliphatic carbocycles. The van der Waals surface area contributed by atoms with Crippen LogP contribution in [0.5, 0.6) is 5.75 Å². The predicted octanol–water partition coefficient (Wildman–Crippen LogP) is 0.626. The largest absolute Gasteiger partial charge is 0.497 e. The number of carbonyl (C=O) groups excluding carboxylic acids is 1. The first-order valence-electron chi connectivity index (χ1n) is 7.40. The fourth-order valence-electron chi connectivity index (χ4n) is 2.79. The van der Waals surface area contributed by atoms with Crippen molar-refractivity contribution in [2.45, 2.75) is 26.3 Å². The molecular weight excluding hydrogens is 252 g/mol. The number of hydrogen-bond donors (Lipinski definition) is 2. The fraction of sp³-hybridized carbons (Fsp3) is 0.562. The molecule has 1 aliphatic rings. The van der Waals surface area contributed by atoms with Gasteiger partial charge in [-0.15, -0.1) is 0 Å². The Balaban J connectivity index is 1.73. The number of quaternary nitrogens is 1. The van der Waals surface area contributed by atoms with Crippen molar-refractivity contribution in [1.29, 1.82) is 0 Å². The lowest BCUT2D eigenvalue weighted by Gasteiger charge is -2.27. The van der Waals surface area contributed by atoms with E-state index in [1.165, 1.54) is 17.7 Å². The molecule has 1 aromatic carbocycles. The monoisotopic (exact) mass is 277 g/mol. The van der Waals surface area contributed by atoms with E-state index in [1.54, 1.807) is 7.11 Å². The number of amides is 1. The second-order valence-electron chi connectivity index (χ2n) is 5.75. The van der Waals surface area contributed by atoms with Crippen LogP contribution < -0.4 is 15.0 Å². The summed E-state index contributed by atoms with van der Waals surface area (Å²) in [5.74, 6) is 1.73. The van der Waals surface area contributed by atoms with E-state index in [9.17, 15) is 4.79 Å². The third kappa shape index (κ3) is 4.53. The van der Waals surface area contributed by atoms with Crippen LogP contribution in [0.3, 0.4) is 0 Å². The molecule has 0 spiro atoms. The molecule has 0 saturated carbocycles. The van der Waals surface area contributed by atoms with Gasteiger partial charge in [-0.25, -0.2) is 0 Å². The van der Waals surface area contributed by atoms with Gasteiger partial charge in [0.2, 0.25) is 0 Å². The summed E-state index contributed by atoms with van der Waals surface area (Å²) in [5, 5.41) is 3.00. The number of methoxy groups -OCH3 is 1. The Bertz CT molecular complexity index is 431. The molecule has 20 heavy (non-hydrogen) atoms. The highest BCUT2D eigenvalue weighted by atomic mass is 16.5. The molecule has 1 saturated heterocycles. The predicted molar refractivity (Wildman–Crippen MR) is 78.8 cm³/mol. The summed E-state index contributed by atoms with van der Waals surface area (Å²) in [4.78, 5) is 13.4. The van der Waals surface area contributed by atoms with Gasteiger partial charge in [-0.1, -0.05) is 19.1 Å². The Hall–Kier alpha value is -1.55. The summed E-state index contributed by atoms with van der Waals surface area (Å²) in [6, 6.07) is 7.79. The minimum atomic E-state index is 0.143. The van der Waals surface area contributed by atoms with E-state index in [1.807, 2.05) is 24.3 Å². The number of hydrogen-bond acceptors (Lipinski definition) is 2. The maximum atomic E-state index is 12.0. The van der Waals surface area contributed by atoms with Gasteiger partial charge >= 0.3 is 0 Å². The van der Waals surface area contributed by atoms with E-state index in [4.69, 9.17) is 4.74 Å². The molecule has 1 fully saturated rings. The van der Waals surface area contributed by atoms with Gasteiger partial charge < -0.3 is 15.0 Å². The van der Waals surface area contributed by atoms with E-state index in [0.29, 0.717) is 13.1 Å². The first-order chi connectivity index (χ1) is 9.67. The van der Waals surface area contributed by atoms with Crippen LogP contribution >= 0.6 is 0 Å². The zero-order valence-corrected chi connectivity index (χ0v) is 12.4. The van der Waals surface area contributed by atoms with Crippen LogP contribution in [0.4, 0.5) is 0 Å². The maximum absolute atomic E-state index is 12.0. The standard InChI is InChI=1S/C16H24N2O2/c1-13-4-3-9-18(11-13)12-16(19)17-10-14-5-7-15(20-2)8-6-14/h5-8,13H,3-4,9-12H2,1-2H3,(H,17,19)/p+1/t13-/m1/s1. The molecule has 0 radical (unpaired) electrons. The van der Waals surface area contributed by atoms with Crippen LogP contribution in [0.1, 0.15) is 25.3 Å². The lowest BCUT2D eigenvalue weighted by atomic mass is 10.0. The average molecular weight is 277 g/mol. The molecule has 4 heteroatoms. The van der Waals surface area contributed by atoms with Crippen molar-refractivity contribution >= 4 is 5.91 Å². The molecular formula is C16H25N2O2+. The normalized spacial score (nSPS) is 22.3. The van der Waals surface area contributed by atoms with Gasteiger partial charge in [0.25, 0.3) is 5.91 Å². The number of likely N-dealkylation sites (tertiary alicyclic amines) is 1. The molecule has 1 aliphatic heterocycles. The van der Waals surface area contributed by atoms with Crippen molar-refractivity contribution in [3.63, 3.8) is 0 Å². The maximum Gasteiger partial charge on any atom is 0.275 e. The van der Waals surface area contributed by atoms with Crippen LogP contribution in [-0.4, -0.2) is 32.7 Å². The van der Waals surface area contributed by atoms with Gasteiger partial charge in [-0.2, -0.15) is 0 Å². The third-order valence-corrected chi connectivity index (χ3v) is 3.92. The Morgan fingerprint density at radius 2 is 2.15 bits per heavy atom. The molecule has 2 atom stereocenters. The van der Waals surface area contributed by atoms with Crippen LogP contribution in [0.2, 0.25) is 0 Å².